The molecule has 1 aromatic heterocycles. The van der Waals surface area contributed by atoms with Gasteiger partial charge in [0.1, 0.15) is 5.82 Å². The molecule has 0 aliphatic heterocycles. The molecule has 152 valence electrons. The van der Waals surface area contributed by atoms with Crippen molar-refractivity contribution in [2.45, 2.75) is 58.0 Å². The zero-order chi connectivity index (χ0) is 20.2. The van der Waals surface area contributed by atoms with Gasteiger partial charge in [0.15, 0.2) is 0 Å². The Kier molecular flexibility index (Phi) is 6.34. The first-order chi connectivity index (χ1) is 14.1. The molecular formula is C24H28BrN3O. The van der Waals surface area contributed by atoms with Crippen LogP contribution >= 0.6 is 15.9 Å². The Hall–Kier alpha value is -2.14. The average molecular weight is 454 g/mol. The van der Waals surface area contributed by atoms with Gasteiger partial charge in [-0.25, -0.2) is 4.98 Å². The number of carbonyl (C=O) groups excluding carboxylic acids is 1. The number of aromatic nitrogens is 2. The molecule has 29 heavy (non-hydrogen) atoms. The van der Waals surface area contributed by atoms with Crippen molar-refractivity contribution < 1.29 is 4.79 Å². The van der Waals surface area contributed by atoms with E-state index >= 15 is 0 Å². The molecule has 1 saturated carbocycles. The first-order valence-corrected chi connectivity index (χ1v) is 11.4. The Morgan fingerprint density at radius 3 is 2.76 bits per heavy atom. The number of rotatable bonds is 6. The Bertz CT molecular complexity index is 991. The highest BCUT2D eigenvalue weighted by Gasteiger charge is 2.20. The van der Waals surface area contributed by atoms with Crippen molar-refractivity contribution in [2.24, 2.45) is 5.92 Å². The van der Waals surface area contributed by atoms with Gasteiger partial charge in [-0.3, -0.25) is 4.79 Å². The highest BCUT2D eigenvalue weighted by Crippen LogP contribution is 2.29. The maximum absolute atomic E-state index is 12.7. The molecule has 0 bridgehead atoms. The molecule has 1 heterocycles. The summed E-state index contributed by atoms with van der Waals surface area (Å²) in [7, 11) is 0. The largest absolute Gasteiger partial charge is 0.342 e. The lowest BCUT2D eigenvalue weighted by atomic mass is 9.87. The maximum Gasteiger partial charge on any atom is 0.251 e. The first kappa shape index (κ1) is 20.1. The third-order valence-corrected chi connectivity index (χ3v) is 6.48. The van der Waals surface area contributed by atoms with Crippen LogP contribution in [-0.2, 0) is 6.54 Å². The fraction of sp³-hybridized carbons (Fsp3) is 0.417. The van der Waals surface area contributed by atoms with Crippen LogP contribution in [0.1, 0.15) is 67.7 Å². The number of aryl methyl sites for hydroxylation is 1. The van der Waals surface area contributed by atoms with Gasteiger partial charge >= 0.3 is 0 Å². The Labute approximate surface area is 180 Å². The van der Waals surface area contributed by atoms with Gasteiger partial charge in [0.25, 0.3) is 5.91 Å². The quantitative estimate of drug-likeness (QED) is 0.478. The average Bonchev–Trinajstić information content (AvgIpc) is 3.12. The maximum atomic E-state index is 12.7. The number of imidazole rings is 1. The highest BCUT2D eigenvalue weighted by atomic mass is 79.9. The van der Waals surface area contributed by atoms with E-state index in [1.165, 1.54) is 38.5 Å². The smallest absolute Gasteiger partial charge is 0.251 e. The summed E-state index contributed by atoms with van der Waals surface area (Å²) in [5.41, 5.74) is 2.80. The van der Waals surface area contributed by atoms with Crippen LogP contribution in [-0.4, -0.2) is 15.5 Å². The summed E-state index contributed by atoms with van der Waals surface area (Å²) in [4.78, 5) is 17.6. The summed E-state index contributed by atoms with van der Waals surface area (Å²) < 4.78 is 3.22. The fourth-order valence-electron chi connectivity index (χ4n) is 4.42. The summed E-state index contributed by atoms with van der Waals surface area (Å²) in [6, 6.07) is 15.6. The van der Waals surface area contributed by atoms with E-state index in [-0.39, 0.29) is 11.9 Å². The molecule has 1 N–H and O–H groups in total. The van der Waals surface area contributed by atoms with Crippen LogP contribution in [0.2, 0.25) is 0 Å². The van der Waals surface area contributed by atoms with Crippen molar-refractivity contribution in [1.29, 1.82) is 0 Å². The first-order valence-electron chi connectivity index (χ1n) is 10.6. The van der Waals surface area contributed by atoms with E-state index in [4.69, 9.17) is 4.98 Å². The predicted molar refractivity (Wildman–Crippen MR) is 121 cm³/mol. The van der Waals surface area contributed by atoms with Gasteiger partial charge in [-0.1, -0.05) is 66.2 Å². The van der Waals surface area contributed by atoms with E-state index in [2.05, 4.69) is 44.0 Å². The number of fused-ring (bicyclic) bond motifs is 1. The SMILES string of the molecule is CC(NC(=O)c1cccc(Br)c1)c1nc2ccccc2n1CCC1CCCCC1. The van der Waals surface area contributed by atoms with Crippen molar-refractivity contribution in [2.75, 3.05) is 0 Å². The summed E-state index contributed by atoms with van der Waals surface area (Å²) >= 11 is 3.44. The number of nitrogens with zero attached hydrogens (tertiary/aromatic N) is 2. The van der Waals surface area contributed by atoms with Crippen LogP contribution in [0, 0.1) is 5.92 Å². The lowest BCUT2D eigenvalue weighted by Gasteiger charge is -2.23. The van der Waals surface area contributed by atoms with Gasteiger partial charge in [0.2, 0.25) is 0 Å². The zero-order valence-corrected chi connectivity index (χ0v) is 18.5. The molecule has 0 saturated heterocycles. The molecule has 1 aliphatic carbocycles. The third-order valence-electron chi connectivity index (χ3n) is 5.99. The van der Waals surface area contributed by atoms with Crippen LogP contribution in [0.25, 0.3) is 11.0 Å². The number of hydrogen-bond donors (Lipinski definition) is 1. The number of carbonyl (C=O) groups is 1. The van der Waals surface area contributed by atoms with E-state index in [0.29, 0.717) is 5.56 Å². The van der Waals surface area contributed by atoms with E-state index in [0.717, 1.165) is 33.8 Å². The van der Waals surface area contributed by atoms with Gasteiger partial charge in [-0.15, -0.1) is 0 Å². The fourth-order valence-corrected chi connectivity index (χ4v) is 4.82. The molecule has 0 radical (unpaired) electrons. The van der Waals surface area contributed by atoms with E-state index < -0.39 is 0 Å². The van der Waals surface area contributed by atoms with Crippen LogP contribution in [0.3, 0.4) is 0 Å². The second kappa shape index (κ2) is 9.12. The summed E-state index contributed by atoms with van der Waals surface area (Å²) in [6.45, 7) is 2.98. The molecule has 2 aromatic carbocycles. The van der Waals surface area contributed by atoms with E-state index in [1.807, 2.05) is 37.3 Å². The number of benzene rings is 2. The lowest BCUT2D eigenvalue weighted by molar-refractivity contribution is 0.0937. The van der Waals surface area contributed by atoms with Gasteiger partial charge in [-0.2, -0.15) is 0 Å². The molecule has 1 unspecified atom stereocenters. The van der Waals surface area contributed by atoms with Gasteiger partial charge in [0.05, 0.1) is 17.1 Å². The molecule has 5 heteroatoms. The molecule has 4 rings (SSSR count). The number of halogens is 1. The topological polar surface area (TPSA) is 46.9 Å². The molecule has 0 spiro atoms. The van der Waals surface area contributed by atoms with Crippen molar-refractivity contribution >= 4 is 32.9 Å². The van der Waals surface area contributed by atoms with Crippen LogP contribution in [0.5, 0.6) is 0 Å². The van der Waals surface area contributed by atoms with Crippen molar-refractivity contribution in [3.05, 3.63) is 64.4 Å². The van der Waals surface area contributed by atoms with Crippen molar-refractivity contribution in [3.63, 3.8) is 0 Å². The minimum atomic E-state index is -0.166. The Balaban J connectivity index is 1.55. The number of hydrogen-bond acceptors (Lipinski definition) is 2. The van der Waals surface area contributed by atoms with Crippen molar-refractivity contribution in [3.8, 4) is 0 Å². The standard InChI is InChI=1S/C24H28BrN3O/c1-17(26-24(29)19-10-7-11-20(25)16-19)23-27-21-12-5-6-13-22(21)28(23)15-14-18-8-3-2-4-9-18/h5-7,10-13,16-18H,2-4,8-9,14-15H2,1H3,(H,26,29). The number of amides is 1. The molecule has 3 aromatic rings. The second-order valence-electron chi connectivity index (χ2n) is 8.11. The van der Waals surface area contributed by atoms with Gasteiger partial charge in [-0.05, 0) is 49.6 Å². The third kappa shape index (κ3) is 4.72. The molecule has 1 atom stereocenters. The second-order valence-corrected chi connectivity index (χ2v) is 9.02. The van der Waals surface area contributed by atoms with Gasteiger partial charge < -0.3 is 9.88 Å². The Morgan fingerprint density at radius 2 is 1.97 bits per heavy atom. The lowest BCUT2D eigenvalue weighted by Crippen LogP contribution is -2.29. The summed E-state index contributed by atoms with van der Waals surface area (Å²) in [5.74, 6) is 1.67. The molecule has 1 aliphatic rings. The van der Waals surface area contributed by atoms with Crippen LogP contribution in [0.15, 0.2) is 53.0 Å². The van der Waals surface area contributed by atoms with E-state index in [1.54, 1.807) is 0 Å². The van der Waals surface area contributed by atoms with Crippen LogP contribution in [0.4, 0.5) is 0 Å². The van der Waals surface area contributed by atoms with Crippen LogP contribution < -0.4 is 5.32 Å². The normalized spacial score (nSPS) is 16.1. The monoisotopic (exact) mass is 453 g/mol. The zero-order valence-electron chi connectivity index (χ0n) is 16.9. The molecule has 4 nitrogen and oxygen atoms in total. The minimum absolute atomic E-state index is 0.0790. The molecule has 1 amide bonds. The minimum Gasteiger partial charge on any atom is -0.342 e. The van der Waals surface area contributed by atoms with E-state index in [9.17, 15) is 4.79 Å². The van der Waals surface area contributed by atoms with Gasteiger partial charge in [0, 0.05) is 16.6 Å². The summed E-state index contributed by atoms with van der Waals surface area (Å²) in [6.07, 6.45) is 7.98. The van der Waals surface area contributed by atoms with Crippen molar-refractivity contribution in [1.82, 2.24) is 14.9 Å². The highest BCUT2D eigenvalue weighted by molar-refractivity contribution is 9.10. The molecule has 1 fully saturated rings. The molecular weight excluding hydrogens is 426 g/mol. The number of nitrogens with one attached hydrogen (secondary N) is 1. The summed E-state index contributed by atoms with van der Waals surface area (Å²) in [5, 5.41) is 3.14. The Morgan fingerprint density at radius 1 is 1.17 bits per heavy atom. The number of para-hydroxylation sites is 2. The predicted octanol–water partition coefficient (Wildman–Crippen LogP) is 6.26.